The third-order valence-electron chi connectivity index (χ3n) is 12.1. The van der Waals surface area contributed by atoms with Crippen LogP contribution in [0.5, 0.6) is 0 Å². The Labute approximate surface area is 330 Å². The molecular formula is C53H31N3S. The van der Waals surface area contributed by atoms with Crippen LogP contribution in [0.25, 0.3) is 119 Å². The molecule has 4 heteroatoms. The predicted octanol–water partition coefficient (Wildman–Crippen LogP) is 14.8. The fourth-order valence-electron chi connectivity index (χ4n) is 9.80. The van der Waals surface area contributed by atoms with Gasteiger partial charge in [0.25, 0.3) is 0 Å². The van der Waals surface area contributed by atoms with Crippen molar-refractivity contribution < 1.29 is 0 Å². The Morgan fingerprint density at radius 2 is 0.895 bits per heavy atom. The SMILES string of the molecule is c1ccc(-n2c3ccccc3c3c4c5cccnc5sc4c4c(c5ccccc5n4-c4cccc(-c5ccc6c7ccccc7c7ccccc7c6c5)c4)c32)cc1. The summed E-state index contributed by atoms with van der Waals surface area (Å²) in [4.78, 5) is 6.01. The van der Waals surface area contributed by atoms with Crippen LogP contribution in [0.2, 0.25) is 0 Å². The molecule has 0 radical (unpaired) electrons. The van der Waals surface area contributed by atoms with Gasteiger partial charge in [0.05, 0.1) is 26.8 Å². The van der Waals surface area contributed by atoms with Crippen LogP contribution in [0.15, 0.2) is 188 Å². The Morgan fingerprint density at radius 3 is 1.61 bits per heavy atom. The van der Waals surface area contributed by atoms with Gasteiger partial charge in [-0.1, -0.05) is 127 Å². The highest BCUT2D eigenvalue weighted by Gasteiger charge is 2.27. The van der Waals surface area contributed by atoms with Crippen molar-refractivity contribution in [1.29, 1.82) is 0 Å². The molecular weight excluding hydrogens is 711 g/mol. The van der Waals surface area contributed by atoms with Gasteiger partial charge in [0.2, 0.25) is 0 Å². The third kappa shape index (κ3) is 4.22. The first kappa shape index (κ1) is 31.0. The summed E-state index contributed by atoms with van der Waals surface area (Å²) < 4.78 is 6.26. The minimum atomic E-state index is 1.05. The maximum Gasteiger partial charge on any atom is 0.124 e. The first-order chi connectivity index (χ1) is 28.3. The summed E-state index contributed by atoms with van der Waals surface area (Å²) in [6, 6.07) is 66.8. The summed E-state index contributed by atoms with van der Waals surface area (Å²) in [7, 11) is 0. The van der Waals surface area contributed by atoms with Crippen molar-refractivity contribution in [3.05, 3.63) is 188 Å². The van der Waals surface area contributed by atoms with E-state index in [0.717, 1.165) is 16.2 Å². The van der Waals surface area contributed by atoms with Crippen LogP contribution in [0, 0.1) is 0 Å². The molecule has 0 atom stereocenters. The summed E-state index contributed by atoms with van der Waals surface area (Å²) >= 11 is 1.81. The molecule has 0 aliphatic rings. The van der Waals surface area contributed by atoms with E-state index < -0.39 is 0 Å². The van der Waals surface area contributed by atoms with Crippen LogP contribution in [0.1, 0.15) is 0 Å². The number of thiophene rings is 1. The molecule has 0 unspecified atom stereocenters. The second-order valence-corrected chi connectivity index (χ2v) is 16.1. The van der Waals surface area contributed by atoms with E-state index in [1.54, 1.807) is 11.3 Å². The molecule has 4 aromatic heterocycles. The molecule has 0 saturated heterocycles. The second-order valence-electron chi connectivity index (χ2n) is 15.1. The lowest BCUT2D eigenvalue weighted by Crippen LogP contribution is -1.96. The summed E-state index contributed by atoms with van der Waals surface area (Å²) in [5.74, 6) is 0. The molecule has 13 aromatic rings. The van der Waals surface area contributed by atoms with Crippen LogP contribution in [0.4, 0.5) is 0 Å². The molecule has 9 aromatic carbocycles. The van der Waals surface area contributed by atoms with Crippen molar-refractivity contribution in [2.24, 2.45) is 0 Å². The first-order valence-corrected chi connectivity index (χ1v) is 20.3. The Morgan fingerprint density at radius 1 is 0.351 bits per heavy atom. The van der Waals surface area contributed by atoms with Gasteiger partial charge in [-0.25, -0.2) is 4.98 Å². The highest BCUT2D eigenvalue weighted by Crippen LogP contribution is 2.51. The van der Waals surface area contributed by atoms with Crippen LogP contribution in [-0.4, -0.2) is 14.1 Å². The second kappa shape index (κ2) is 11.6. The van der Waals surface area contributed by atoms with Crippen molar-refractivity contribution in [1.82, 2.24) is 14.1 Å². The molecule has 264 valence electrons. The Hall–Kier alpha value is -7.27. The minimum absolute atomic E-state index is 1.05. The zero-order valence-electron chi connectivity index (χ0n) is 30.6. The zero-order valence-corrected chi connectivity index (χ0v) is 31.5. The third-order valence-corrected chi connectivity index (χ3v) is 13.2. The fourth-order valence-corrected chi connectivity index (χ4v) is 11.0. The Kier molecular flexibility index (Phi) is 6.32. The first-order valence-electron chi connectivity index (χ1n) is 19.5. The van der Waals surface area contributed by atoms with Gasteiger partial charge >= 0.3 is 0 Å². The summed E-state index contributed by atoms with van der Waals surface area (Å²) in [5, 5.41) is 15.2. The lowest BCUT2D eigenvalue weighted by molar-refractivity contribution is 1.18. The fraction of sp³-hybridized carbons (Fsp3) is 0. The number of pyridine rings is 1. The largest absolute Gasteiger partial charge is 0.309 e. The number of rotatable bonds is 3. The minimum Gasteiger partial charge on any atom is -0.309 e. The van der Waals surface area contributed by atoms with Gasteiger partial charge in [0.15, 0.2) is 0 Å². The maximum atomic E-state index is 4.95. The van der Waals surface area contributed by atoms with Crippen LogP contribution < -0.4 is 0 Å². The van der Waals surface area contributed by atoms with Crippen LogP contribution in [-0.2, 0) is 0 Å². The summed E-state index contributed by atoms with van der Waals surface area (Å²) in [6.45, 7) is 0. The van der Waals surface area contributed by atoms with Crippen molar-refractivity contribution in [2.75, 3.05) is 0 Å². The lowest BCUT2D eigenvalue weighted by atomic mass is 9.92. The maximum absolute atomic E-state index is 4.95. The average molecular weight is 742 g/mol. The highest BCUT2D eigenvalue weighted by atomic mass is 32.1. The van der Waals surface area contributed by atoms with Gasteiger partial charge in [0, 0.05) is 49.9 Å². The molecule has 0 N–H and O–H groups in total. The number of hydrogen-bond donors (Lipinski definition) is 0. The lowest BCUT2D eigenvalue weighted by Gasteiger charge is -2.14. The van der Waals surface area contributed by atoms with E-state index in [9.17, 15) is 0 Å². The quantitative estimate of drug-likeness (QED) is 0.165. The average Bonchev–Trinajstić information content (AvgIpc) is 3.95. The predicted molar refractivity (Wildman–Crippen MR) is 244 cm³/mol. The highest BCUT2D eigenvalue weighted by molar-refractivity contribution is 7.26. The number of hydrogen-bond acceptors (Lipinski definition) is 2. The Bertz CT molecular complexity index is 3770. The monoisotopic (exact) mass is 741 g/mol. The molecule has 57 heavy (non-hydrogen) atoms. The normalized spacial score (nSPS) is 12.2. The molecule has 13 rings (SSSR count). The topological polar surface area (TPSA) is 22.8 Å². The van der Waals surface area contributed by atoms with E-state index in [0.29, 0.717) is 0 Å². The number of fused-ring (bicyclic) bond motifs is 18. The molecule has 0 amide bonds. The summed E-state index contributed by atoms with van der Waals surface area (Å²) in [6.07, 6.45) is 1.92. The van der Waals surface area contributed by atoms with E-state index >= 15 is 0 Å². The van der Waals surface area contributed by atoms with Gasteiger partial charge < -0.3 is 9.13 Å². The van der Waals surface area contributed by atoms with E-state index in [2.05, 4.69) is 191 Å². The van der Waals surface area contributed by atoms with Gasteiger partial charge in [-0.05, 0) is 98.0 Å². The van der Waals surface area contributed by atoms with E-state index in [4.69, 9.17) is 4.98 Å². The zero-order chi connectivity index (χ0) is 37.2. The Balaban J connectivity index is 1.16. The van der Waals surface area contributed by atoms with Crippen molar-refractivity contribution in [3.63, 3.8) is 0 Å². The van der Waals surface area contributed by atoms with Gasteiger partial charge in [0.1, 0.15) is 4.83 Å². The van der Waals surface area contributed by atoms with Crippen molar-refractivity contribution in [3.8, 4) is 22.5 Å². The molecule has 0 saturated carbocycles. The van der Waals surface area contributed by atoms with E-state index in [-0.39, 0.29) is 0 Å². The van der Waals surface area contributed by atoms with E-state index in [1.165, 1.54) is 103 Å². The number of para-hydroxylation sites is 3. The van der Waals surface area contributed by atoms with Gasteiger partial charge in [-0.15, -0.1) is 11.3 Å². The standard InChI is InChI=1S/C53H31N3S/c1-2-15-34(16-3-1)55-45-25-10-8-22-41(45)47-48-43-24-13-29-54-53(43)57-52(48)51-49(50(47)55)42-23-9-11-26-46(42)56(51)35-17-12-14-32(30-35)33-27-28-40-38-20-5-4-18-36(38)37-19-6-7-21-39(37)44(40)31-33/h1-31H. The van der Waals surface area contributed by atoms with Crippen LogP contribution >= 0.6 is 11.3 Å². The molecule has 0 aliphatic heterocycles. The number of benzene rings is 9. The molecule has 0 fully saturated rings. The van der Waals surface area contributed by atoms with Gasteiger partial charge in [-0.3, -0.25) is 0 Å². The number of aromatic nitrogens is 3. The van der Waals surface area contributed by atoms with Crippen molar-refractivity contribution >= 4 is 108 Å². The molecule has 3 nitrogen and oxygen atoms in total. The number of nitrogens with zero attached hydrogens (tertiary/aromatic N) is 3. The summed E-state index contributed by atoms with van der Waals surface area (Å²) in [5.41, 5.74) is 9.51. The van der Waals surface area contributed by atoms with Crippen LogP contribution in [0.3, 0.4) is 0 Å². The molecule has 0 spiro atoms. The molecule has 4 heterocycles. The molecule has 0 bridgehead atoms. The molecule has 0 aliphatic carbocycles. The van der Waals surface area contributed by atoms with Gasteiger partial charge in [-0.2, -0.15) is 0 Å². The van der Waals surface area contributed by atoms with E-state index in [1.807, 2.05) is 6.20 Å². The smallest absolute Gasteiger partial charge is 0.124 e. The van der Waals surface area contributed by atoms with Crippen molar-refractivity contribution in [2.45, 2.75) is 0 Å².